The van der Waals surface area contributed by atoms with Crippen LogP contribution in [0.3, 0.4) is 0 Å². The van der Waals surface area contributed by atoms with Gasteiger partial charge in [0.1, 0.15) is 5.82 Å². The lowest BCUT2D eigenvalue weighted by Crippen LogP contribution is -2.04. The van der Waals surface area contributed by atoms with Crippen LogP contribution in [0.25, 0.3) is 0 Å². The minimum absolute atomic E-state index is 0.0403. The maximum absolute atomic E-state index is 13.4. The summed E-state index contributed by atoms with van der Waals surface area (Å²) in [6.45, 7) is 1.15. The second-order valence-electron chi connectivity index (χ2n) is 4.82. The standard InChI is InChI=1S/C16H12ClFO2/c17-14-4-1-10(5-15(14)18)6-16(19)11-2-3-12-8-20-9-13(12)7-11/h1-5,7H,6,8-9H2. The summed E-state index contributed by atoms with van der Waals surface area (Å²) in [7, 11) is 0. The van der Waals surface area contributed by atoms with Crippen molar-refractivity contribution in [1.82, 2.24) is 0 Å². The lowest BCUT2D eigenvalue weighted by atomic mass is 9.99. The molecule has 3 rings (SSSR count). The smallest absolute Gasteiger partial charge is 0.167 e. The van der Waals surface area contributed by atoms with Crippen molar-refractivity contribution >= 4 is 17.4 Å². The number of ether oxygens (including phenoxy) is 1. The van der Waals surface area contributed by atoms with Gasteiger partial charge in [-0.1, -0.05) is 29.8 Å². The van der Waals surface area contributed by atoms with Crippen LogP contribution in [0, 0.1) is 5.82 Å². The van der Waals surface area contributed by atoms with Crippen LogP contribution in [0.5, 0.6) is 0 Å². The minimum atomic E-state index is -0.501. The van der Waals surface area contributed by atoms with Gasteiger partial charge in [0.25, 0.3) is 0 Å². The van der Waals surface area contributed by atoms with Gasteiger partial charge in [0, 0.05) is 12.0 Å². The van der Waals surface area contributed by atoms with Gasteiger partial charge in [-0.25, -0.2) is 4.39 Å². The number of carbonyl (C=O) groups is 1. The van der Waals surface area contributed by atoms with Crippen LogP contribution in [0.15, 0.2) is 36.4 Å². The third-order valence-corrected chi connectivity index (χ3v) is 3.70. The molecule has 0 atom stereocenters. The van der Waals surface area contributed by atoms with Crippen molar-refractivity contribution in [1.29, 1.82) is 0 Å². The van der Waals surface area contributed by atoms with Crippen molar-refractivity contribution in [2.24, 2.45) is 0 Å². The number of hydrogen-bond acceptors (Lipinski definition) is 2. The molecule has 0 N–H and O–H groups in total. The van der Waals surface area contributed by atoms with Gasteiger partial charge in [0.05, 0.1) is 18.2 Å². The molecule has 2 aromatic rings. The van der Waals surface area contributed by atoms with Crippen LogP contribution in [-0.2, 0) is 24.4 Å². The molecule has 0 fully saturated rings. The van der Waals surface area contributed by atoms with E-state index >= 15 is 0 Å². The van der Waals surface area contributed by atoms with Gasteiger partial charge in [-0.05, 0) is 34.9 Å². The summed E-state index contributed by atoms with van der Waals surface area (Å²) in [5.41, 5.74) is 3.43. The molecule has 0 saturated heterocycles. The number of carbonyl (C=O) groups excluding carboxylic acids is 1. The van der Waals surface area contributed by atoms with Crippen LogP contribution in [0.2, 0.25) is 5.02 Å². The van der Waals surface area contributed by atoms with Crippen LogP contribution in [0.1, 0.15) is 27.0 Å². The molecule has 4 heteroatoms. The second kappa shape index (κ2) is 5.35. The molecule has 0 bridgehead atoms. The van der Waals surface area contributed by atoms with Crippen molar-refractivity contribution in [3.05, 3.63) is 69.5 Å². The number of fused-ring (bicyclic) bond motifs is 1. The number of ketones is 1. The first-order valence-electron chi connectivity index (χ1n) is 6.30. The predicted molar refractivity (Wildman–Crippen MR) is 74.4 cm³/mol. The number of benzene rings is 2. The van der Waals surface area contributed by atoms with E-state index in [2.05, 4.69) is 0 Å². The van der Waals surface area contributed by atoms with E-state index in [9.17, 15) is 9.18 Å². The third-order valence-electron chi connectivity index (χ3n) is 3.39. The van der Waals surface area contributed by atoms with E-state index in [1.807, 2.05) is 12.1 Å². The zero-order chi connectivity index (χ0) is 14.1. The van der Waals surface area contributed by atoms with Crippen LogP contribution >= 0.6 is 11.6 Å². The number of Topliss-reactive ketones (excluding diaryl/α,β-unsaturated/α-hetero) is 1. The van der Waals surface area contributed by atoms with Gasteiger partial charge in [-0.3, -0.25) is 4.79 Å². The zero-order valence-electron chi connectivity index (χ0n) is 10.7. The van der Waals surface area contributed by atoms with Crippen molar-refractivity contribution in [3.63, 3.8) is 0 Å². The van der Waals surface area contributed by atoms with Crippen LogP contribution in [-0.4, -0.2) is 5.78 Å². The van der Waals surface area contributed by atoms with Crippen molar-refractivity contribution in [2.45, 2.75) is 19.6 Å². The highest BCUT2D eigenvalue weighted by molar-refractivity contribution is 6.30. The van der Waals surface area contributed by atoms with Gasteiger partial charge < -0.3 is 4.74 Å². The fourth-order valence-corrected chi connectivity index (χ4v) is 2.40. The quantitative estimate of drug-likeness (QED) is 0.801. The largest absolute Gasteiger partial charge is 0.372 e. The highest BCUT2D eigenvalue weighted by Gasteiger charge is 2.15. The molecule has 0 aromatic heterocycles. The Hall–Kier alpha value is -1.71. The Morgan fingerprint density at radius 2 is 1.95 bits per heavy atom. The van der Waals surface area contributed by atoms with E-state index in [1.54, 1.807) is 12.1 Å². The van der Waals surface area contributed by atoms with Crippen molar-refractivity contribution in [2.75, 3.05) is 0 Å². The van der Waals surface area contributed by atoms with Crippen molar-refractivity contribution < 1.29 is 13.9 Å². The monoisotopic (exact) mass is 290 g/mol. The first-order chi connectivity index (χ1) is 9.63. The maximum atomic E-state index is 13.4. The van der Waals surface area contributed by atoms with Gasteiger partial charge in [0.2, 0.25) is 0 Å². The van der Waals surface area contributed by atoms with Crippen LogP contribution in [0.4, 0.5) is 4.39 Å². The summed E-state index contributed by atoms with van der Waals surface area (Å²) < 4.78 is 18.7. The summed E-state index contributed by atoms with van der Waals surface area (Å²) in [4.78, 5) is 12.2. The van der Waals surface area contributed by atoms with E-state index in [4.69, 9.17) is 16.3 Å². The first kappa shape index (κ1) is 13.3. The molecule has 20 heavy (non-hydrogen) atoms. The molecular formula is C16H12ClFO2. The summed E-state index contributed by atoms with van der Waals surface area (Å²) in [5.74, 6) is -0.541. The first-order valence-corrected chi connectivity index (χ1v) is 6.68. The van der Waals surface area contributed by atoms with Gasteiger partial charge in [0.15, 0.2) is 5.78 Å². The Labute approximate surface area is 121 Å². The Bertz CT molecular complexity index is 682. The fraction of sp³-hybridized carbons (Fsp3) is 0.188. The van der Waals surface area contributed by atoms with E-state index in [1.165, 1.54) is 12.1 Å². The molecule has 0 spiro atoms. The molecule has 0 aliphatic carbocycles. The molecule has 1 aliphatic heterocycles. The highest BCUT2D eigenvalue weighted by Crippen LogP contribution is 2.22. The minimum Gasteiger partial charge on any atom is -0.372 e. The van der Waals surface area contributed by atoms with E-state index in [-0.39, 0.29) is 17.2 Å². The average Bonchev–Trinajstić information content (AvgIpc) is 2.90. The SMILES string of the molecule is O=C(Cc1ccc(Cl)c(F)c1)c1ccc2c(c1)COC2. The van der Waals surface area contributed by atoms with E-state index in [0.717, 1.165) is 11.1 Å². The van der Waals surface area contributed by atoms with E-state index in [0.29, 0.717) is 24.3 Å². The Balaban J connectivity index is 1.80. The number of rotatable bonds is 3. The van der Waals surface area contributed by atoms with Gasteiger partial charge >= 0.3 is 0 Å². The molecule has 102 valence electrons. The summed E-state index contributed by atoms with van der Waals surface area (Å²) in [6, 6.07) is 10.0. The molecule has 2 nitrogen and oxygen atoms in total. The molecule has 1 heterocycles. The molecule has 0 unspecified atom stereocenters. The second-order valence-corrected chi connectivity index (χ2v) is 5.23. The summed E-state index contributed by atoms with van der Waals surface area (Å²) >= 11 is 5.62. The topological polar surface area (TPSA) is 26.3 Å². The van der Waals surface area contributed by atoms with E-state index < -0.39 is 5.82 Å². The molecule has 0 radical (unpaired) electrons. The number of hydrogen-bond donors (Lipinski definition) is 0. The maximum Gasteiger partial charge on any atom is 0.167 e. The lowest BCUT2D eigenvalue weighted by molar-refractivity contribution is 0.0993. The lowest BCUT2D eigenvalue weighted by Gasteiger charge is -2.04. The number of halogens is 2. The summed E-state index contributed by atoms with van der Waals surface area (Å²) in [6.07, 6.45) is 0.160. The predicted octanol–water partition coefficient (Wildman–Crippen LogP) is 3.93. The fourth-order valence-electron chi connectivity index (χ4n) is 2.28. The zero-order valence-corrected chi connectivity index (χ0v) is 11.4. The van der Waals surface area contributed by atoms with Gasteiger partial charge in [-0.2, -0.15) is 0 Å². The van der Waals surface area contributed by atoms with Crippen molar-refractivity contribution in [3.8, 4) is 0 Å². The molecular weight excluding hydrogens is 279 g/mol. The average molecular weight is 291 g/mol. The Morgan fingerprint density at radius 3 is 2.75 bits per heavy atom. The third kappa shape index (κ3) is 2.60. The highest BCUT2D eigenvalue weighted by atomic mass is 35.5. The molecule has 0 amide bonds. The van der Waals surface area contributed by atoms with Gasteiger partial charge in [-0.15, -0.1) is 0 Å². The normalized spacial score (nSPS) is 13.3. The molecule has 0 saturated carbocycles. The molecule has 2 aromatic carbocycles. The summed E-state index contributed by atoms with van der Waals surface area (Å²) in [5, 5.41) is 0.0656. The van der Waals surface area contributed by atoms with Crippen LogP contribution < -0.4 is 0 Å². The Morgan fingerprint density at radius 1 is 1.15 bits per heavy atom. The Kier molecular flexibility index (Phi) is 3.55. The molecule has 1 aliphatic rings.